The second-order valence-corrected chi connectivity index (χ2v) is 6.57. The maximum absolute atomic E-state index is 13.6. The number of amides is 1. The van der Waals surface area contributed by atoms with Gasteiger partial charge in [-0.3, -0.25) is 4.79 Å². The maximum Gasteiger partial charge on any atom is 0.256 e. The second-order valence-electron chi connectivity index (χ2n) is 6.57. The van der Waals surface area contributed by atoms with E-state index in [-0.39, 0.29) is 17.8 Å². The van der Waals surface area contributed by atoms with E-state index >= 15 is 0 Å². The summed E-state index contributed by atoms with van der Waals surface area (Å²) in [6.07, 6.45) is 2.67. The zero-order valence-corrected chi connectivity index (χ0v) is 13.9. The molecule has 2 heterocycles. The quantitative estimate of drug-likeness (QED) is 0.852. The van der Waals surface area contributed by atoms with Crippen molar-refractivity contribution >= 4 is 16.8 Å². The standard InChI is InChI=1S/C18H23FN2O2/c1-12(2)17-11-21(7-4-8-23-17)18(22)15-10-20(3)16-6-5-13(19)9-14(15)16/h5-6,9-10,12,17H,4,7-8,11H2,1-3H3. The van der Waals surface area contributed by atoms with Crippen LogP contribution in [0.5, 0.6) is 0 Å². The average molecular weight is 318 g/mol. The van der Waals surface area contributed by atoms with E-state index in [9.17, 15) is 9.18 Å². The summed E-state index contributed by atoms with van der Waals surface area (Å²) in [5.41, 5.74) is 1.42. The van der Waals surface area contributed by atoms with E-state index in [1.807, 2.05) is 16.5 Å². The largest absolute Gasteiger partial charge is 0.376 e. The van der Waals surface area contributed by atoms with Crippen LogP contribution in [-0.2, 0) is 11.8 Å². The van der Waals surface area contributed by atoms with E-state index in [1.54, 1.807) is 12.3 Å². The molecule has 0 spiro atoms. The topological polar surface area (TPSA) is 34.5 Å². The van der Waals surface area contributed by atoms with Crippen LogP contribution < -0.4 is 0 Å². The fourth-order valence-corrected chi connectivity index (χ4v) is 3.14. The van der Waals surface area contributed by atoms with Gasteiger partial charge in [-0.25, -0.2) is 4.39 Å². The molecule has 3 rings (SSSR count). The number of ether oxygens (including phenoxy) is 1. The molecular weight excluding hydrogens is 295 g/mol. The Hall–Kier alpha value is -1.88. The number of benzene rings is 1. The number of aromatic nitrogens is 1. The molecule has 0 saturated carbocycles. The van der Waals surface area contributed by atoms with E-state index in [2.05, 4.69) is 13.8 Å². The Labute approximate surface area is 135 Å². The lowest BCUT2D eigenvalue weighted by Crippen LogP contribution is -2.38. The second kappa shape index (κ2) is 6.32. The Bertz CT molecular complexity index is 723. The summed E-state index contributed by atoms with van der Waals surface area (Å²) < 4.78 is 21.3. The minimum Gasteiger partial charge on any atom is -0.376 e. The van der Waals surface area contributed by atoms with Crippen LogP contribution in [0.15, 0.2) is 24.4 Å². The van der Waals surface area contributed by atoms with Gasteiger partial charge in [-0.1, -0.05) is 13.8 Å². The number of halogens is 1. The number of rotatable bonds is 2. The Morgan fingerprint density at radius 3 is 2.91 bits per heavy atom. The first kappa shape index (κ1) is 16.0. The van der Waals surface area contributed by atoms with Crippen LogP contribution in [0.1, 0.15) is 30.6 Å². The summed E-state index contributed by atoms with van der Waals surface area (Å²) in [5.74, 6) is -0.0114. The first-order valence-electron chi connectivity index (χ1n) is 8.13. The summed E-state index contributed by atoms with van der Waals surface area (Å²) in [4.78, 5) is 14.8. The molecule has 0 N–H and O–H groups in total. The molecule has 1 aliphatic heterocycles. The third-order valence-electron chi connectivity index (χ3n) is 4.52. The molecule has 2 aromatic rings. The number of hydrogen-bond acceptors (Lipinski definition) is 2. The van der Waals surface area contributed by atoms with Crippen LogP contribution in [0, 0.1) is 11.7 Å². The number of aryl methyl sites for hydroxylation is 1. The average Bonchev–Trinajstić information content (AvgIpc) is 2.71. The molecule has 1 fully saturated rings. The van der Waals surface area contributed by atoms with Crippen molar-refractivity contribution in [3.8, 4) is 0 Å². The lowest BCUT2D eigenvalue weighted by atomic mass is 10.1. The Balaban J connectivity index is 1.94. The number of carbonyl (C=O) groups is 1. The molecule has 5 heteroatoms. The zero-order valence-electron chi connectivity index (χ0n) is 13.9. The van der Waals surface area contributed by atoms with E-state index < -0.39 is 0 Å². The van der Waals surface area contributed by atoms with Crippen molar-refractivity contribution in [1.29, 1.82) is 0 Å². The summed E-state index contributed by atoms with van der Waals surface area (Å²) in [6, 6.07) is 4.58. The van der Waals surface area contributed by atoms with E-state index in [1.165, 1.54) is 12.1 Å². The lowest BCUT2D eigenvalue weighted by molar-refractivity contribution is 0.0222. The van der Waals surface area contributed by atoms with Gasteiger partial charge < -0.3 is 14.2 Å². The minimum absolute atomic E-state index is 0.0441. The zero-order chi connectivity index (χ0) is 16.6. The predicted molar refractivity (Wildman–Crippen MR) is 88.0 cm³/mol. The van der Waals surface area contributed by atoms with Gasteiger partial charge in [0, 0.05) is 43.8 Å². The summed E-state index contributed by atoms with van der Waals surface area (Å²) >= 11 is 0. The Morgan fingerprint density at radius 2 is 2.17 bits per heavy atom. The first-order chi connectivity index (χ1) is 11.0. The molecular formula is C18H23FN2O2. The number of carbonyl (C=O) groups excluding carboxylic acids is 1. The number of nitrogens with zero attached hydrogens (tertiary/aromatic N) is 2. The van der Waals surface area contributed by atoms with Crippen molar-refractivity contribution in [3.63, 3.8) is 0 Å². The van der Waals surface area contributed by atoms with E-state index in [4.69, 9.17) is 4.74 Å². The molecule has 1 amide bonds. The molecule has 0 aliphatic carbocycles. The van der Waals surface area contributed by atoms with Gasteiger partial charge in [0.05, 0.1) is 11.7 Å². The van der Waals surface area contributed by atoms with Gasteiger partial charge in [-0.15, -0.1) is 0 Å². The monoisotopic (exact) mass is 318 g/mol. The van der Waals surface area contributed by atoms with Crippen LogP contribution >= 0.6 is 0 Å². The first-order valence-corrected chi connectivity index (χ1v) is 8.13. The fourth-order valence-electron chi connectivity index (χ4n) is 3.14. The molecule has 0 radical (unpaired) electrons. The lowest BCUT2D eigenvalue weighted by Gasteiger charge is -2.26. The van der Waals surface area contributed by atoms with Gasteiger partial charge in [0.1, 0.15) is 5.82 Å². The van der Waals surface area contributed by atoms with Crippen LogP contribution in [-0.4, -0.2) is 41.2 Å². The summed E-state index contributed by atoms with van der Waals surface area (Å²) in [6.45, 7) is 6.14. The number of fused-ring (bicyclic) bond motifs is 1. The molecule has 1 aromatic carbocycles. The maximum atomic E-state index is 13.6. The minimum atomic E-state index is -0.322. The highest BCUT2D eigenvalue weighted by Gasteiger charge is 2.27. The smallest absolute Gasteiger partial charge is 0.256 e. The van der Waals surface area contributed by atoms with E-state index in [0.717, 1.165) is 11.9 Å². The van der Waals surface area contributed by atoms with Gasteiger partial charge in [0.25, 0.3) is 5.91 Å². The van der Waals surface area contributed by atoms with Crippen LogP contribution in [0.4, 0.5) is 4.39 Å². The molecule has 124 valence electrons. The van der Waals surface area contributed by atoms with Crippen molar-refractivity contribution in [3.05, 3.63) is 35.8 Å². The molecule has 1 aromatic heterocycles. The summed E-state index contributed by atoms with van der Waals surface area (Å²) in [7, 11) is 1.87. The number of hydrogen-bond donors (Lipinski definition) is 0. The molecule has 1 atom stereocenters. The van der Waals surface area contributed by atoms with Crippen molar-refractivity contribution in [2.45, 2.75) is 26.4 Å². The normalized spacial score (nSPS) is 19.3. The van der Waals surface area contributed by atoms with Crippen LogP contribution in [0.25, 0.3) is 10.9 Å². The predicted octanol–water partition coefficient (Wildman–Crippen LogP) is 3.20. The molecule has 1 unspecified atom stereocenters. The highest BCUT2D eigenvalue weighted by Crippen LogP contribution is 2.24. The highest BCUT2D eigenvalue weighted by molar-refractivity contribution is 6.07. The molecule has 4 nitrogen and oxygen atoms in total. The third kappa shape index (κ3) is 3.11. The Kier molecular flexibility index (Phi) is 4.39. The van der Waals surface area contributed by atoms with Crippen LogP contribution in [0.3, 0.4) is 0 Å². The van der Waals surface area contributed by atoms with Crippen molar-refractivity contribution in [2.75, 3.05) is 19.7 Å². The molecule has 1 aliphatic rings. The van der Waals surface area contributed by atoms with Gasteiger partial charge in [0.15, 0.2) is 0 Å². The SMILES string of the molecule is CC(C)C1CN(C(=O)c2cn(C)c3ccc(F)cc23)CCCO1. The van der Waals surface area contributed by atoms with Gasteiger partial charge in [-0.05, 0) is 30.5 Å². The van der Waals surface area contributed by atoms with Gasteiger partial charge in [0.2, 0.25) is 0 Å². The van der Waals surface area contributed by atoms with Crippen molar-refractivity contribution < 1.29 is 13.9 Å². The van der Waals surface area contributed by atoms with E-state index in [0.29, 0.717) is 36.6 Å². The van der Waals surface area contributed by atoms with Crippen molar-refractivity contribution in [1.82, 2.24) is 9.47 Å². The third-order valence-corrected chi connectivity index (χ3v) is 4.52. The van der Waals surface area contributed by atoms with Gasteiger partial charge in [-0.2, -0.15) is 0 Å². The van der Waals surface area contributed by atoms with Crippen LogP contribution in [0.2, 0.25) is 0 Å². The highest BCUT2D eigenvalue weighted by atomic mass is 19.1. The van der Waals surface area contributed by atoms with Crippen molar-refractivity contribution in [2.24, 2.45) is 13.0 Å². The summed E-state index contributed by atoms with van der Waals surface area (Å²) in [5, 5.41) is 0.670. The van der Waals surface area contributed by atoms with Gasteiger partial charge >= 0.3 is 0 Å². The molecule has 23 heavy (non-hydrogen) atoms. The Morgan fingerprint density at radius 1 is 1.39 bits per heavy atom. The molecule has 0 bridgehead atoms. The fraction of sp³-hybridized carbons (Fsp3) is 0.500. The molecule has 1 saturated heterocycles.